The first-order chi connectivity index (χ1) is 1.41. The van der Waals surface area contributed by atoms with Gasteiger partial charge in [-0.15, -0.1) is 0 Å². The summed E-state index contributed by atoms with van der Waals surface area (Å²) >= 11 is 0. The van der Waals surface area contributed by atoms with Crippen molar-refractivity contribution in [3.05, 3.63) is 6.42 Å². The van der Waals surface area contributed by atoms with Gasteiger partial charge in [0.15, 0.2) is 0 Å². The van der Waals surface area contributed by atoms with Crippen molar-refractivity contribution in [3.8, 4) is 0 Å². The van der Waals surface area contributed by atoms with Crippen LogP contribution in [0, 0.1) is 6.42 Å². The molecule has 0 heterocycles. The first-order valence-corrected chi connectivity index (χ1v) is 1.15. The second-order valence-electron chi connectivity index (χ2n) is 0.577. The maximum atomic E-state index is 2.00. The van der Waals surface area contributed by atoms with Crippen LogP contribution >= 0.6 is 0 Å². The molecule has 0 bridgehead atoms. The summed E-state index contributed by atoms with van der Waals surface area (Å²) in [5.41, 5.74) is 0. The molecule has 0 aliphatic carbocycles. The Hall–Kier alpha value is 2.13. The third-order valence-electron chi connectivity index (χ3n) is 0. The fourth-order valence-corrected chi connectivity index (χ4v) is 0. The quantitative estimate of drug-likeness (QED) is 0.263. The molecule has 0 nitrogen and oxygen atoms in total. The summed E-state index contributed by atoms with van der Waals surface area (Å²) in [5.74, 6) is 0. The molecule has 0 N–H and O–H groups in total. The Morgan fingerprint density at radius 1 is 1.14 bits per heavy atom. The molecule has 0 aromatic rings. The summed E-state index contributed by atoms with van der Waals surface area (Å²) in [7, 11) is 0. The molecule has 0 saturated carbocycles. The van der Waals surface area contributed by atoms with Crippen LogP contribution in [0.1, 0.15) is 13.8 Å². The normalized spacial score (nSPS) is 2.57. The summed E-state index contributed by atoms with van der Waals surface area (Å²) < 4.78 is 0. The first kappa shape index (κ1) is 35.4. The zero-order valence-corrected chi connectivity index (χ0v) is 8.80. The van der Waals surface area contributed by atoms with Gasteiger partial charge in [0.1, 0.15) is 0 Å². The minimum absolute atomic E-state index is 0. The minimum Gasteiger partial charge on any atom is -1.00 e. The van der Waals surface area contributed by atoms with Crippen LogP contribution in [0.15, 0.2) is 0 Å². The molecule has 0 aromatic carbocycles. The zero-order valence-electron chi connectivity index (χ0n) is 5.04. The number of hydrogen-bond donors (Lipinski definition) is 0. The van der Waals surface area contributed by atoms with Crippen molar-refractivity contribution in [1.29, 1.82) is 0 Å². The van der Waals surface area contributed by atoms with Gasteiger partial charge in [-0.2, -0.15) is 13.8 Å². The first-order valence-electron chi connectivity index (χ1n) is 1.15. The fraction of sp³-hybridized carbons (Fsp3) is 0.667. The number of halogens is 2. The van der Waals surface area contributed by atoms with E-state index in [1.807, 2.05) is 20.3 Å². The van der Waals surface area contributed by atoms with Crippen LogP contribution in [0.3, 0.4) is 0 Å². The van der Waals surface area contributed by atoms with E-state index in [9.17, 15) is 0 Å². The molecule has 0 spiro atoms. The Bertz CT molecular complexity index is 14.9. The standard InChI is InChI=1S/C3H7.BrH.ClH.Li.Mg/c1-3-2;;;;/h3H,1-2H3;2*1H;;/q-1;;;+1;+2/p-2. The van der Waals surface area contributed by atoms with Gasteiger partial charge in [-0.25, -0.2) is 0 Å². The summed E-state index contributed by atoms with van der Waals surface area (Å²) in [5, 5.41) is 0. The van der Waals surface area contributed by atoms with Gasteiger partial charge < -0.3 is 35.8 Å². The maximum absolute atomic E-state index is 2.00. The molecule has 7 heavy (non-hydrogen) atoms. The molecule has 0 aliphatic heterocycles. The Labute approximate surface area is 90.7 Å². The topological polar surface area (TPSA) is 0 Å². The van der Waals surface area contributed by atoms with Crippen LogP contribution in [-0.2, 0) is 0 Å². The van der Waals surface area contributed by atoms with Gasteiger partial charge in [-0.1, -0.05) is 0 Å². The van der Waals surface area contributed by atoms with Gasteiger partial charge in [0.05, 0.1) is 0 Å². The van der Waals surface area contributed by atoms with E-state index in [-0.39, 0.29) is 71.3 Å². The van der Waals surface area contributed by atoms with E-state index >= 15 is 0 Å². The Kier molecular flexibility index (Phi) is 213. The second-order valence-corrected chi connectivity index (χ2v) is 0.577. The van der Waals surface area contributed by atoms with Gasteiger partial charge in [0.25, 0.3) is 0 Å². The molecule has 0 aliphatic rings. The molecule has 0 fully saturated rings. The molecule has 0 aromatic heterocycles. The molecule has 0 rings (SSSR count). The van der Waals surface area contributed by atoms with E-state index in [2.05, 4.69) is 0 Å². The summed E-state index contributed by atoms with van der Waals surface area (Å²) in [6.07, 6.45) is 2.00. The smallest absolute Gasteiger partial charge is 1.00 e. The summed E-state index contributed by atoms with van der Waals surface area (Å²) in [6.45, 7) is 4.00. The van der Waals surface area contributed by atoms with Crippen LogP contribution in [0.4, 0.5) is 0 Å². The van der Waals surface area contributed by atoms with Gasteiger partial charge in [-0.05, 0) is 0 Å². The van der Waals surface area contributed by atoms with E-state index in [1.54, 1.807) is 0 Å². The third-order valence-corrected chi connectivity index (χ3v) is 0. The van der Waals surface area contributed by atoms with Crippen molar-refractivity contribution in [3.63, 3.8) is 0 Å². The average Bonchev–Trinajstić information content (AvgIpc) is 0.918. The minimum atomic E-state index is 0. The van der Waals surface area contributed by atoms with Crippen LogP contribution in [0.25, 0.3) is 0 Å². The molecule has 4 heteroatoms. The number of rotatable bonds is 0. The largest absolute Gasteiger partial charge is 2.00 e. The predicted molar refractivity (Wildman–Crippen MR) is 21.4 cm³/mol. The van der Waals surface area contributed by atoms with E-state index in [4.69, 9.17) is 0 Å². The van der Waals surface area contributed by atoms with E-state index in [0.29, 0.717) is 0 Å². The van der Waals surface area contributed by atoms with Gasteiger partial charge in [0.2, 0.25) is 0 Å². The van der Waals surface area contributed by atoms with Crippen LogP contribution in [0.2, 0.25) is 0 Å². The van der Waals surface area contributed by atoms with Crippen LogP contribution in [0.5, 0.6) is 0 Å². The molecule has 0 saturated heterocycles. The monoisotopic (exact) mass is 188 g/mol. The predicted octanol–water partition coefficient (Wildman–Crippen LogP) is -8.14. The van der Waals surface area contributed by atoms with Gasteiger partial charge in [0, 0.05) is 0 Å². The van der Waals surface area contributed by atoms with Crippen molar-refractivity contribution >= 4 is 23.1 Å². The van der Waals surface area contributed by atoms with E-state index in [0.717, 1.165) is 0 Å². The Morgan fingerprint density at radius 3 is 1.14 bits per heavy atom. The molecular formula is C3H7BrClLiMg. The Balaban J connectivity index is -0.00000000333. The fourth-order valence-electron chi connectivity index (χ4n) is 0. The van der Waals surface area contributed by atoms with Crippen molar-refractivity contribution < 1.29 is 48.2 Å². The van der Waals surface area contributed by atoms with E-state index in [1.165, 1.54) is 0 Å². The second kappa shape index (κ2) is 42.2. The SMILES string of the molecule is C[CH-]C.[Br-].[Cl-].[Li+].[Mg+2]. The molecule has 0 amide bonds. The Morgan fingerprint density at radius 2 is 1.14 bits per heavy atom. The van der Waals surface area contributed by atoms with Gasteiger partial charge >= 0.3 is 41.9 Å². The van der Waals surface area contributed by atoms with Crippen molar-refractivity contribution in [2.75, 3.05) is 0 Å². The zero-order chi connectivity index (χ0) is 2.71. The third kappa shape index (κ3) is 67.2. The molecule has 0 radical (unpaired) electrons. The molecule has 0 unspecified atom stereocenters. The maximum Gasteiger partial charge on any atom is 2.00 e. The van der Waals surface area contributed by atoms with Crippen LogP contribution in [-0.4, -0.2) is 23.1 Å². The van der Waals surface area contributed by atoms with Gasteiger partial charge in [-0.3, -0.25) is 0 Å². The van der Waals surface area contributed by atoms with Crippen LogP contribution < -0.4 is 48.2 Å². The summed E-state index contributed by atoms with van der Waals surface area (Å²) in [4.78, 5) is 0. The average molecular weight is 190 g/mol. The van der Waals surface area contributed by atoms with Crippen molar-refractivity contribution in [2.24, 2.45) is 0 Å². The number of hydrogen-bond acceptors (Lipinski definition) is 0. The molecular weight excluding hydrogens is 183 g/mol. The molecule has 0 atom stereocenters. The summed E-state index contributed by atoms with van der Waals surface area (Å²) in [6, 6.07) is 0. The van der Waals surface area contributed by atoms with Crippen molar-refractivity contribution in [1.82, 2.24) is 0 Å². The molecule has 36 valence electrons. The van der Waals surface area contributed by atoms with Crippen molar-refractivity contribution in [2.45, 2.75) is 13.8 Å². The van der Waals surface area contributed by atoms with E-state index < -0.39 is 0 Å².